The lowest BCUT2D eigenvalue weighted by Crippen LogP contribution is -2.40. The molecule has 0 atom stereocenters. The fourth-order valence-corrected chi connectivity index (χ4v) is 4.28. The van der Waals surface area contributed by atoms with Crippen molar-refractivity contribution in [2.75, 3.05) is 13.1 Å². The summed E-state index contributed by atoms with van der Waals surface area (Å²) in [4.78, 5) is 16.5. The van der Waals surface area contributed by atoms with E-state index in [-0.39, 0.29) is 18.0 Å². The molecule has 0 bridgehead atoms. The SMILES string of the molecule is O=C(CN(CCc1ccccc1)S(=O)(=O)c1ccc(Cl)cc1)N/N=C\c1ccccn1. The van der Waals surface area contributed by atoms with Crippen molar-refractivity contribution < 1.29 is 13.2 Å². The molecule has 3 aromatic rings. The number of carbonyl (C=O) groups excluding carboxylic acids is 1. The molecule has 0 saturated carbocycles. The normalized spacial score (nSPS) is 11.7. The van der Waals surface area contributed by atoms with Crippen LogP contribution in [0.25, 0.3) is 0 Å². The first-order chi connectivity index (χ1) is 14.9. The van der Waals surface area contributed by atoms with Crippen molar-refractivity contribution in [2.45, 2.75) is 11.3 Å². The Balaban J connectivity index is 1.73. The monoisotopic (exact) mass is 456 g/mol. The number of hydrogen-bond acceptors (Lipinski definition) is 5. The fourth-order valence-electron chi connectivity index (χ4n) is 2.76. The third-order valence-electron chi connectivity index (χ3n) is 4.34. The maximum Gasteiger partial charge on any atom is 0.255 e. The predicted octanol–water partition coefficient (Wildman–Crippen LogP) is 3.12. The number of amides is 1. The predicted molar refractivity (Wildman–Crippen MR) is 120 cm³/mol. The summed E-state index contributed by atoms with van der Waals surface area (Å²) in [7, 11) is -3.91. The maximum absolute atomic E-state index is 13.2. The summed E-state index contributed by atoms with van der Waals surface area (Å²) in [6.07, 6.45) is 3.45. The lowest BCUT2D eigenvalue weighted by molar-refractivity contribution is -0.121. The number of nitrogens with one attached hydrogen (secondary N) is 1. The van der Waals surface area contributed by atoms with Crippen LogP contribution in [-0.4, -0.2) is 42.9 Å². The molecule has 1 heterocycles. The van der Waals surface area contributed by atoms with Gasteiger partial charge in [-0.1, -0.05) is 48.0 Å². The average molecular weight is 457 g/mol. The summed E-state index contributed by atoms with van der Waals surface area (Å²) in [6, 6.07) is 20.6. The highest BCUT2D eigenvalue weighted by atomic mass is 35.5. The second-order valence-corrected chi connectivity index (χ2v) is 8.95. The van der Waals surface area contributed by atoms with Crippen molar-refractivity contribution in [2.24, 2.45) is 5.10 Å². The van der Waals surface area contributed by atoms with Gasteiger partial charge in [0.15, 0.2) is 0 Å². The Morgan fingerprint density at radius 2 is 1.74 bits per heavy atom. The van der Waals surface area contributed by atoms with Crippen LogP contribution in [0.1, 0.15) is 11.3 Å². The van der Waals surface area contributed by atoms with Gasteiger partial charge in [-0.05, 0) is 48.4 Å². The van der Waals surface area contributed by atoms with Crippen LogP contribution in [-0.2, 0) is 21.2 Å². The molecular formula is C22H21ClN4O3S. The molecule has 0 spiro atoms. The number of pyridine rings is 1. The zero-order valence-electron chi connectivity index (χ0n) is 16.6. The summed E-state index contributed by atoms with van der Waals surface area (Å²) in [5.41, 5.74) is 3.89. The Kier molecular flexibility index (Phi) is 7.88. The summed E-state index contributed by atoms with van der Waals surface area (Å²) in [5, 5.41) is 4.28. The lowest BCUT2D eigenvalue weighted by atomic mass is 10.1. The third-order valence-corrected chi connectivity index (χ3v) is 6.45. The summed E-state index contributed by atoms with van der Waals surface area (Å²) in [5.74, 6) is -0.558. The molecule has 3 rings (SSSR count). The zero-order chi connectivity index (χ0) is 22.1. The van der Waals surface area contributed by atoms with Gasteiger partial charge in [0.05, 0.1) is 23.3 Å². The Morgan fingerprint density at radius 1 is 1.03 bits per heavy atom. The van der Waals surface area contributed by atoms with E-state index in [0.717, 1.165) is 9.87 Å². The quantitative estimate of drug-likeness (QED) is 0.395. The summed E-state index contributed by atoms with van der Waals surface area (Å²) >= 11 is 5.88. The molecule has 0 fully saturated rings. The van der Waals surface area contributed by atoms with Crippen molar-refractivity contribution in [1.82, 2.24) is 14.7 Å². The fraction of sp³-hybridized carbons (Fsp3) is 0.136. The van der Waals surface area contributed by atoms with Gasteiger partial charge in [-0.2, -0.15) is 9.41 Å². The second kappa shape index (κ2) is 10.8. The van der Waals surface area contributed by atoms with Gasteiger partial charge >= 0.3 is 0 Å². The minimum Gasteiger partial charge on any atom is -0.272 e. The molecule has 9 heteroatoms. The molecular weight excluding hydrogens is 436 g/mol. The van der Waals surface area contributed by atoms with E-state index in [9.17, 15) is 13.2 Å². The number of aromatic nitrogens is 1. The highest BCUT2D eigenvalue weighted by molar-refractivity contribution is 7.89. The van der Waals surface area contributed by atoms with Crippen molar-refractivity contribution in [3.8, 4) is 0 Å². The van der Waals surface area contributed by atoms with E-state index in [0.29, 0.717) is 17.1 Å². The molecule has 1 aromatic heterocycles. The number of sulfonamides is 1. The number of benzene rings is 2. The van der Waals surface area contributed by atoms with Gasteiger partial charge in [0.2, 0.25) is 10.0 Å². The molecule has 0 aliphatic rings. The Hall–Kier alpha value is -3.07. The number of nitrogens with zero attached hydrogens (tertiary/aromatic N) is 3. The highest BCUT2D eigenvalue weighted by Gasteiger charge is 2.26. The van der Waals surface area contributed by atoms with Gasteiger partial charge in [-0.15, -0.1) is 0 Å². The van der Waals surface area contributed by atoms with E-state index in [1.165, 1.54) is 30.5 Å². The molecule has 1 N–H and O–H groups in total. The van der Waals surface area contributed by atoms with Crippen molar-refractivity contribution >= 4 is 33.7 Å². The van der Waals surface area contributed by atoms with Crippen LogP contribution in [0.3, 0.4) is 0 Å². The van der Waals surface area contributed by atoms with Crippen LogP contribution in [0.4, 0.5) is 0 Å². The standard InChI is InChI=1S/C22H21ClN4O3S/c23-19-9-11-21(12-10-19)31(29,30)27(15-13-18-6-2-1-3-7-18)17-22(28)26-25-16-20-8-4-5-14-24-20/h1-12,14,16H,13,15,17H2,(H,26,28)/b25-16-. The van der Waals surface area contributed by atoms with Gasteiger partial charge in [0.25, 0.3) is 5.91 Å². The van der Waals surface area contributed by atoms with Crippen LogP contribution in [0, 0.1) is 0 Å². The van der Waals surface area contributed by atoms with Crippen molar-refractivity contribution in [3.05, 3.63) is 95.3 Å². The maximum atomic E-state index is 13.2. The number of rotatable bonds is 9. The van der Waals surface area contributed by atoms with E-state index < -0.39 is 15.9 Å². The van der Waals surface area contributed by atoms with E-state index in [1.807, 2.05) is 30.3 Å². The topological polar surface area (TPSA) is 91.7 Å². The van der Waals surface area contributed by atoms with Crippen LogP contribution in [0.15, 0.2) is 89.0 Å². The molecule has 0 saturated heterocycles. The Labute approximate surface area is 186 Å². The van der Waals surface area contributed by atoms with Crippen LogP contribution < -0.4 is 5.43 Å². The van der Waals surface area contributed by atoms with Crippen molar-refractivity contribution in [1.29, 1.82) is 0 Å². The minimum absolute atomic E-state index is 0.0646. The lowest BCUT2D eigenvalue weighted by Gasteiger charge is -2.21. The Bertz CT molecular complexity index is 1120. The molecule has 1 amide bonds. The van der Waals surface area contributed by atoms with Gasteiger partial charge in [-0.25, -0.2) is 13.8 Å². The first kappa shape index (κ1) is 22.6. The van der Waals surface area contributed by atoms with Crippen LogP contribution >= 0.6 is 11.6 Å². The third kappa shape index (κ3) is 6.71. The number of halogens is 1. The van der Waals surface area contributed by atoms with Gasteiger partial charge in [-0.3, -0.25) is 9.78 Å². The molecule has 0 aliphatic carbocycles. The van der Waals surface area contributed by atoms with E-state index >= 15 is 0 Å². The van der Waals surface area contributed by atoms with Crippen LogP contribution in [0.2, 0.25) is 5.02 Å². The first-order valence-corrected chi connectivity index (χ1v) is 11.3. The van der Waals surface area contributed by atoms with Gasteiger partial charge < -0.3 is 0 Å². The summed E-state index contributed by atoms with van der Waals surface area (Å²) < 4.78 is 27.4. The molecule has 2 aromatic carbocycles. The van der Waals surface area contributed by atoms with Crippen molar-refractivity contribution in [3.63, 3.8) is 0 Å². The molecule has 0 radical (unpaired) electrons. The number of hydrazone groups is 1. The minimum atomic E-state index is -3.91. The average Bonchev–Trinajstić information content (AvgIpc) is 2.78. The second-order valence-electron chi connectivity index (χ2n) is 6.58. The van der Waals surface area contributed by atoms with Gasteiger partial charge in [0, 0.05) is 17.8 Å². The van der Waals surface area contributed by atoms with Gasteiger partial charge in [0.1, 0.15) is 0 Å². The molecule has 7 nitrogen and oxygen atoms in total. The first-order valence-electron chi connectivity index (χ1n) is 9.48. The Morgan fingerprint density at radius 3 is 2.42 bits per heavy atom. The molecule has 160 valence electrons. The zero-order valence-corrected chi connectivity index (χ0v) is 18.1. The highest BCUT2D eigenvalue weighted by Crippen LogP contribution is 2.19. The van der Waals surface area contributed by atoms with E-state index in [4.69, 9.17) is 11.6 Å². The van der Waals surface area contributed by atoms with E-state index in [1.54, 1.807) is 24.4 Å². The summed E-state index contributed by atoms with van der Waals surface area (Å²) in [6.45, 7) is -0.246. The number of carbonyl (C=O) groups is 1. The molecule has 0 aliphatic heterocycles. The number of hydrogen-bond donors (Lipinski definition) is 1. The van der Waals surface area contributed by atoms with E-state index in [2.05, 4.69) is 15.5 Å². The largest absolute Gasteiger partial charge is 0.272 e. The molecule has 31 heavy (non-hydrogen) atoms. The van der Waals surface area contributed by atoms with Crippen LogP contribution in [0.5, 0.6) is 0 Å². The smallest absolute Gasteiger partial charge is 0.255 e. The molecule has 0 unspecified atom stereocenters.